The molecule has 26 heteroatoms. The van der Waals surface area contributed by atoms with Crippen molar-refractivity contribution in [2.75, 3.05) is 95.8 Å². The van der Waals surface area contributed by atoms with Gasteiger partial charge < -0.3 is 95.8 Å². The van der Waals surface area contributed by atoms with Crippen molar-refractivity contribution in [3.05, 3.63) is 82.6 Å². The number of ether oxygens (including phenoxy) is 16. The number of cyclic esters (lactones) is 2. The number of methoxy groups -OCH3 is 6. The van der Waals surface area contributed by atoms with Crippen molar-refractivity contribution >= 4 is 51.7 Å². The number of halogens is 1. The van der Waals surface area contributed by atoms with Crippen LogP contribution in [0.2, 0.25) is 5.02 Å². The Morgan fingerprint density at radius 1 is 0.520 bits per heavy atom. The minimum absolute atomic E-state index is 0.0364. The standard InChI is InChI=1S/C42H67NO10.C41H65NO10.C18H26ClN3/c1-11-26-13-12-14-35(53-37-16-15-34(43(6)7)24(4)49-37)23(3)38(45)33-20-31-29(32(33)21-36(44)51-26)17-22(2)28-18-27(19-30(28)31)52-42-41(48-10)40(47-9)39(46-8)25(5)50-42;1-10-26-12-11-13-34(52-36-17-16-33(42(5)6)23(3)48-36)22(2)37(44)32-20-30-28(31(32)21-35(43)50-26)15-14-25-18-27(19-29(25)30)51-41-40(47-9)39(46-8)38(45-7)24(4)49-41;1-4-22(5-2)12-6-7-14(3)21-17-10-11-20-18-13-15(19)8-9-16(17)18/h17,20,23-32,34-35,37,39-42H,11-16,18-19,21H2,1-10H3;14-15,20,22-31,33-34,36,38-41H,10-13,16-19,21H2,1-9H3;8-11,13-14H,4-7,12H2,1-3H3,(H,20,21)/t23-,24-,25+,26+,27-,28+,29-,30-,31-,32+,34+,35+,37+,39+,40-,41-,42+;22-,23-,24+,25-,26+,27-,28-,29-,30-,31+,33+,34+,36+,38+,39-,40-,41+;/m11./s1. The molecule has 35 atom stereocenters. The van der Waals surface area contributed by atoms with Crippen molar-refractivity contribution in [3.63, 3.8) is 0 Å². The maximum Gasteiger partial charge on any atom is 0.306 e. The molecule has 2 saturated carbocycles. The van der Waals surface area contributed by atoms with E-state index in [-0.39, 0.29) is 194 Å². The van der Waals surface area contributed by atoms with Gasteiger partial charge in [-0.1, -0.05) is 89.1 Å². The largest absolute Gasteiger partial charge is 0.462 e. The highest BCUT2D eigenvalue weighted by Crippen LogP contribution is 2.58. The van der Waals surface area contributed by atoms with Crippen molar-refractivity contribution in [1.82, 2.24) is 19.7 Å². The quantitative estimate of drug-likeness (QED) is 0.0679. The molecular formula is C101H158ClN5O20. The summed E-state index contributed by atoms with van der Waals surface area (Å²) < 4.78 is 99.3. The number of nitrogens with one attached hydrogen (secondary N) is 1. The Labute approximate surface area is 764 Å². The summed E-state index contributed by atoms with van der Waals surface area (Å²) in [5.74, 6) is 0.0293. The molecule has 1 N–H and O–H groups in total. The van der Waals surface area contributed by atoms with Gasteiger partial charge in [0.2, 0.25) is 0 Å². The third kappa shape index (κ3) is 24.2. The summed E-state index contributed by atoms with van der Waals surface area (Å²) in [5, 5.41) is 5.47. The van der Waals surface area contributed by atoms with Crippen molar-refractivity contribution in [2.45, 2.75) is 352 Å². The van der Waals surface area contributed by atoms with Gasteiger partial charge in [0, 0.05) is 107 Å². The van der Waals surface area contributed by atoms with E-state index < -0.39 is 24.8 Å². The summed E-state index contributed by atoms with van der Waals surface area (Å²) in [6, 6.07) is 9.02. The van der Waals surface area contributed by atoms with E-state index in [1.807, 2.05) is 58.2 Å². The molecule has 1 aromatic carbocycles. The molecule has 25 nitrogen and oxygen atoms in total. The molecule has 12 aliphatic rings. The van der Waals surface area contributed by atoms with Gasteiger partial charge in [0.1, 0.15) is 48.8 Å². The molecule has 0 amide bonds. The summed E-state index contributed by atoms with van der Waals surface area (Å²) in [7, 11) is 18.3. The highest BCUT2D eigenvalue weighted by Gasteiger charge is 2.57. The van der Waals surface area contributed by atoms with Crippen LogP contribution in [-0.4, -0.2) is 275 Å². The summed E-state index contributed by atoms with van der Waals surface area (Å²) in [6.07, 6.45) is 23.6. The molecule has 0 bridgehead atoms. The number of aromatic nitrogens is 1. The molecule has 14 rings (SSSR count). The maximum absolute atomic E-state index is 14.7. The molecule has 0 radical (unpaired) electrons. The summed E-state index contributed by atoms with van der Waals surface area (Å²) >= 11 is 6.04. The lowest BCUT2D eigenvalue weighted by Gasteiger charge is -2.44. The third-order valence-corrected chi connectivity index (χ3v) is 31.3. The van der Waals surface area contributed by atoms with Crippen LogP contribution in [-0.2, 0) is 95.0 Å². The van der Waals surface area contributed by atoms with E-state index in [9.17, 15) is 19.2 Å². The molecule has 7 heterocycles. The Balaban J connectivity index is 0.000000187. The number of esters is 2. The number of hydrogen-bond donors (Lipinski definition) is 1. The van der Waals surface area contributed by atoms with Gasteiger partial charge in [-0.05, 0) is 288 Å². The Hall–Kier alpha value is -4.72. The zero-order valence-corrected chi connectivity index (χ0v) is 81.3. The van der Waals surface area contributed by atoms with E-state index >= 15 is 0 Å². The molecular weight excluding hydrogens is 1640 g/mol. The topological polar surface area (TPSA) is 251 Å². The highest BCUT2D eigenvalue weighted by atomic mass is 35.5. The number of allylic oxidation sites excluding steroid dienone is 8. The number of benzene rings is 1. The molecule has 1 aromatic heterocycles. The highest BCUT2D eigenvalue weighted by molar-refractivity contribution is 6.31. The van der Waals surface area contributed by atoms with Crippen LogP contribution in [0.25, 0.3) is 10.9 Å². The predicted molar refractivity (Wildman–Crippen MR) is 490 cm³/mol. The van der Waals surface area contributed by atoms with Crippen molar-refractivity contribution < 1.29 is 95.0 Å². The van der Waals surface area contributed by atoms with E-state index in [1.165, 1.54) is 18.5 Å². The van der Waals surface area contributed by atoms with Gasteiger partial charge in [-0.3, -0.25) is 24.2 Å². The average Bonchev–Trinajstić information content (AvgIpc) is 1.38. The van der Waals surface area contributed by atoms with E-state index in [0.717, 1.165) is 142 Å². The minimum atomic E-state index is -0.598. The van der Waals surface area contributed by atoms with Crippen LogP contribution in [0.3, 0.4) is 0 Å². The third-order valence-electron chi connectivity index (χ3n) is 31.0. The predicted octanol–water partition coefficient (Wildman–Crippen LogP) is 16.2. The first kappa shape index (κ1) is 101. The van der Waals surface area contributed by atoms with Gasteiger partial charge in [-0.2, -0.15) is 0 Å². The number of carbonyl (C=O) groups excluding carboxylic acids is 4. The van der Waals surface area contributed by atoms with Crippen molar-refractivity contribution in [2.24, 2.45) is 71.0 Å². The fourth-order valence-corrected chi connectivity index (χ4v) is 24.1. The van der Waals surface area contributed by atoms with Gasteiger partial charge >= 0.3 is 11.9 Å². The number of ketones is 2. The van der Waals surface area contributed by atoms with E-state index in [0.29, 0.717) is 42.8 Å². The summed E-state index contributed by atoms with van der Waals surface area (Å²) in [6.45, 7) is 28.7. The van der Waals surface area contributed by atoms with Crippen molar-refractivity contribution in [3.8, 4) is 0 Å². The molecule has 2 aromatic rings. The molecule has 1 unspecified atom stereocenters. The molecule has 8 fully saturated rings. The lowest BCUT2D eigenvalue weighted by molar-refractivity contribution is -0.314. The number of hydrogen-bond acceptors (Lipinski definition) is 25. The van der Waals surface area contributed by atoms with Gasteiger partial charge in [-0.15, -0.1) is 0 Å². The fraction of sp³-hybridized carbons (Fsp3) is 0.792. The molecule has 714 valence electrons. The Bertz CT molecular complexity index is 3990. The second-order valence-electron chi connectivity index (χ2n) is 39.2. The zero-order valence-electron chi connectivity index (χ0n) is 80.6. The molecule has 6 aliphatic carbocycles. The van der Waals surface area contributed by atoms with Crippen LogP contribution in [0.4, 0.5) is 5.69 Å². The monoisotopic (exact) mass is 1800 g/mol. The van der Waals surface area contributed by atoms with Gasteiger partial charge in [0.25, 0.3) is 0 Å². The number of rotatable bonds is 26. The molecule has 6 saturated heterocycles. The Kier molecular flexibility index (Phi) is 37.4. The fourth-order valence-electron chi connectivity index (χ4n) is 23.9. The number of carbonyl (C=O) groups is 4. The normalized spacial score (nSPS) is 39.8. The molecule has 0 spiro atoms. The zero-order chi connectivity index (χ0) is 91.4. The second-order valence-corrected chi connectivity index (χ2v) is 39.6. The van der Waals surface area contributed by atoms with E-state index in [4.69, 9.17) is 87.4 Å². The molecule has 127 heavy (non-hydrogen) atoms. The second kappa shape index (κ2) is 47.0. The SMILES string of the molecule is CCN(CC)CCCC(C)Nc1ccnc2cc(Cl)ccc12.CC[C@H]1CCC[C@H](O[C@H]2CC[C@H](N(C)C)[C@@H](C)O2)[C@@H](C)C(=O)C2=C[C@@H]3[C@@H](C=C(C)[C@@H]4C[C@@H](O[C@@H]5O[C@@H](C)[C@H](OC)[C@@H](OC)[C@H]5OC)C[C@@H]34)[C@@H]2CC(=O)O1.CC[C@H]1CCC[C@H](O[C@H]2CC[C@H](N(C)C)[C@@H](C)O2)[C@@H](C)C(=O)C2=C[C@@H]3[C@@H](C=C[C@@H]4C[C@@H](O[C@@H]5O[C@@H](C)[C@H](OC)[C@@H](OC)[C@H]5OC)C[C@@H]34)[C@@H]2CC(=O)O1. The van der Waals surface area contributed by atoms with E-state index in [1.54, 1.807) is 42.7 Å². The van der Waals surface area contributed by atoms with Crippen LogP contribution in [0, 0.1) is 71.0 Å². The van der Waals surface area contributed by atoms with Gasteiger partial charge in [0.15, 0.2) is 36.7 Å². The lowest BCUT2D eigenvalue weighted by Crippen LogP contribution is -2.59. The van der Waals surface area contributed by atoms with Crippen LogP contribution in [0.15, 0.2) is 77.6 Å². The maximum atomic E-state index is 14.7. The number of Topliss-reactive ketones (excluding diaryl/α,β-unsaturated/α-hetero) is 2. The van der Waals surface area contributed by atoms with Crippen LogP contribution in [0.1, 0.15) is 212 Å². The minimum Gasteiger partial charge on any atom is -0.462 e. The van der Waals surface area contributed by atoms with Gasteiger partial charge in [0.05, 0.1) is 67.2 Å². The summed E-state index contributed by atoms with van der Waals surface area (Å²) in [5.41, 5.74) is 4.91. The van der Waals surface area contributed by atoms with Gasteiger partial charge in [-0.25, -0.2) is 0 Å². The van der Waals surface area contributed by atoms with E-state index in [2.05, 4.69) is 139 Å². The average molecular weight is 1800 g/mol. The van der Waals surface area contributed by atoms with Crippen LogP contribution in [0.5, 0.6) is 0 Å². The summed E-state index contributed by atoms with van der Waals surface area (Å²) in [4.78, 5) is 67.7. The first-order valence-electron chi connectivity index (χ1n) is 48.5. The van der Waals surface area contributed by atoms with Crippen molar-refractivity contribution in [1.29, 1.82) is 0 Å². The first-order valence-corrected chi connectivity index (χ1v) is 48.9. The number of anilines is 1. The Morgan fingerprint density at radius 2 is 1.01 bits per heavy atom. The smallest absolute Gasteiger partial charge is 0.306 e. The first-order chi connectivity index (χ1) is 61.0. The number of nitrogens with zero attached hydrogens (tertiary/aromatic N) is 4. The number of fused-ring (bicyclic) bond motifs is 11. The lowest BCUT2D eigenvalue weighted by atomic mass is 9.67. The van der Waals surface area contributed by atoms with Crippen LogP contribution < -0.4 is 5.32 Å². The Morgan fingerprint density at radius 3 is 1.49 bits per heavy atom. The number of pyridine rings is 1. The van der Waals surface area contributed by atoms with Crippen LogP contribution >= 0.6 is 11.6 Å². The molecule has 6 aliphatic heterocycles. The number of likely N-dealkylation sites (N-methyl/N-ethyl adjacent to an activating group) is 2.